The van der Waals surface area contributed by atoms with Gasteiger partial charge in [0.2, 0.25) is 0 Å². The van der Waals surface area contributed by atoms with Gasteiger partial charge in [0.05, 0.1) is 6.04 Å². The molecule has 0 bridgehead atoms. The number of nitrogens with one attached hydrogen (secondary N) is 1. The maximum Gasteiger partial charge on any atom is 0.130 e. The highest BCUT2D eigenvalue weighted by Gasteiger charge is 2.21. The van der Waals surface area contributed by atoms with Crippen molar-refractivity contribution in [1.82, 2.24) is 14.9 Å². The minimum Gasteiger partial charge on any atom is -0.333 e. The molecule has 1 unspecified atom stereocenters. The van der Waals surface area contributed by atoms with Crippen LogP contribution in [0.15, 0.2) is 36.7 Å². The second-order valence-corrected chi connectivity index (χ2v) is 4.89. The number of hydrogen-bond donors (Lipinski definition) is 1. The Kier molecular flexibility index (Phi) is 5.30. The third-order valence-electron chi connectivity index (χ3n) is 3.29. The molecule has 1 aromatic heterocycles. The molecule has 0 saturated carbocycles. The lowest BCUT2D eigenvalue weighted by Gasteiger charge is -2.20. The van der Waals surface area contributed by atoms with Crippen molar-refractivity contribution in [1.29, 1.82) is 0 Å². The van der Waals surface area contributed by atoms with Crippen molar-refractivity contribution in [2.75, 3.05) is 6.54 Å². The standard InChI is InChI=1S/C16H22FN3/c1-3-9-18-15(13-7-5-6-8-14(13)17)16-19-10-12-20(16)11-4-2/h5-8,10,12,15,18H,3-4,9,11H2,1-2H3. The van der Waals surface area contributed by atoms with Crippen LogP contribution in [0.4, 0.5) is 4.39 Å². The van der Waals surface area contributed by atoms with E-state index in [1.54, 1.807) is 12.3 Å². The molecule has 0 radical (unpaired) electrons. The van der Waals surface area contributed by atoms with Crippen LogP contribution in [0.5, 0.6) is 0 Å². The SMILES string of the molecule is CCCNC(c1ccccc1F)c1nccn1CCC. The van der Waals surface area contributed by atoms with Gasteiger partial charge in [-0.1, -0.05) is 32.0 Å². The van der Waals surface area contributed by atoms with Gasteiger partial charge in [0.25, 0.3) is 0 Å². The molecule has 1 atom stereocenters. The van der Waals surface area contributed by atoms with Crippen molar-refractivity contribution >= 4 is 0 Å². The Morgan fingerprint density at radius 1 is 1.25 bits per heavy atom. The Morgan fingerprint density at radius 2 is 2.05 bits per heavy atom. The second-order valence-electron chi connectivity index (χ2n) is 4.89. The molecule has 4 heteroatoms. The summed E-state index contributed by atoms with van der Waals surface area (Å²) in [6, 6.07) is 6.72. The van der Waals surface area contributed by atoms with Gasteiger partial charge in [0.1, 0.15) is 11.6 Å². The number of aromatic nitrogens is 2. The van der Waals surface area contributed by atoms with E-state index >= 15 is 0 Å². The molecule has 1 heterocycles. The first-order chi connectivity index (χ1) is 9.77. The molecule has 20 heavy (non-hydrogen) atoms. The highest BCUT2D eigenvalue weighted by molar-refractivity contribution is 5.27. The first kappa shape index (κ1) is 14.7. The highest BCUT2D eigenvalue weighted by Crippen LogP contribution is 2.23. The zero-order chi connectivity index (χ0) is 14.4. The molecule has 1 aromatic carbocycles. The summed E-state index contributed by atoms with van der Waals surface area (Å²) in [5.74, 6) is 0.692. The molecule has 0 aliphatic heterocycles. The molecule has 3 nitrogen and oxygen atoms in total. The third kappa shape index (κ3) is 3.25. The Balaban J connectivity index is 2.37. The van der Waals surface area contributed by atoms with Gasteiger partial charge in [-0.15, -0.1) is 0 Å². The molecule has 0 aliphatic rings. The largest absolute Gasteiger partial charge is 0.333 e. The van der Waals surface area contributed by atoms with Crippen LogP contribution < -0.4 is 5.32 Å². The summed E-state index contributed by atoms with van der Waals surface area (Å²) >= 11 is 0. The van der Waals surface area contributed by atoms with E-state index in [1.165, 1.54) is 6.07 Å². The topological polar surface area (TPSA) is 29.9 Å². The summed E-state index contributed by atoms with van der Waals surface area (Å²) < 4.78 is 16.2. The lowest BCUT2D eigenvalue weighted by atomic mass is 10.1. The van der Waals surface area contributed by atoms with Gasteiger partial charge >= 0.3 is 0 Å². The fourth-order valence-corrected chi connectivity index (χ4v) is 2.35. The average Bonchev–Trinajstić information content (AvgIpc) is 2.90. The number of nitrogens with zero attached hydrogens (tertiary/aromatic N) is 2. The number of rotatable bonds is 7. The summed E-state index contributed by atoms with van der Waals surface area (Å²) in [6.07, 6.45) is 5.77. The molecular formula is C16H22FN3. The van der Waals surface area contributed by atoms with Gasteiger partial charge in [-0.05, 0) is 25.5 Å². The monoisotopic (exact) mass is 275 g/mol. The van der Waals surface area contributed by atoms with Gasteiger partial charge in [-0.25, -0.2) is 9.37 Å². The molecule has 0 amide bonds. The molecular weight excluding hydrogens is 253 g/mol. The summed E-state index contributed by atoms with van der Waals surface area (Å²) in [5, 5.41) is 3.40. The second kappa shape index (κ2) is 7.20. The quantitative estimate of drug-likeness (QED) is 0.838. The lowest BCUT2D eigenvalue weighted by Crippen LogP contribution is -2.27. The van der Waals surface area contributed by atoms with E-state index in [0.717, 1.165) is 31.8 Å². The summed E-state index contributed by atoms with van der Waals surface area (Å²) in [4.78, 5) is 4.44. The molecule has 108 valence electrons. The minimum absolute atomic E-state index is 0.188. The zero-order valence-corrected chi connectivity index (χ0v) is 12.1. The first-order valence-electron chi connectivity index (χ1n) is 7.26. The van der Waals surface area contributed by atoms with Crippen molar-refractivity contribution in [3.63, 3.8) is 0 Å². The van der Waals surface area contributed by atoms with Crippen LogP contribution in [0.25, 0.3) is 0 Å². The smallest absolute Gasteiger partial charge is 0.130 e. The molecule has 1 N–H and O–H groups in total. The van der Waals surface area contributed by atoms with Crippen LogP contribution in [-0.4, -0.2) is 16.1 Å². The number of imidazole rings is 1. The maximum absolute atomic E-state index is 14.1. The van der Waals surface area contributed by atoms with Crippen LogP contribution in [0.2, 0.25) is 0 Å². The summed E-state index contributed by atoms with van der Waals surface area (Å²) in [7, 11) is 0. The van der Waals surface area contributed by atoms with Gasteiger partial charge in [-0.2, -0.15) is 0 Å². The Bertz CT molecular complexity index is 536. The molecule has 0 saturated heterocycles. The van der Waals surface area contributed by atoms with Crippen LogP contribution >= 0.6 is 0 Å². The van der Waals surface area contributed by atoms with Crippen molar-refractivity contribution in [3.8, 4) is 0 Å². The zero-order valence-electron chi connectivity index (χ0n) is 12.1. The average molecular weight is 275 g/mol. The minimum atomic E-state index is -0.197. The number of aryl methyl sites for hydroxylation is 1. The third-order valence-corrected chi connectivity index (χ3v) is 3.29. The Hall–Kier alpha value is -1.68. The van der Waals surface area contributed by atoms with Crippen molar-refractivity contribution < 1.29 is 4.39 Å². The first-order valence-corrected chi connectivity index (χ1v) is 7.26. The number of benzene rings is 1. The molecule has 0 aliphatic carbocycles. The van der Waals surface area contributed by atoms with Crippen molar-refractivity contribution in [3.05, 3.63) is 53.9 Å². The van der Waals surface area contributed by atoms with Crippen LogP contribution in [0.3, 0.4) is 0 Å². The summed E-state index contributed by atoms with van der Waals surface area (Å²) in [6.45, 7) is 5.96. The van der Waals surface area contributed by atoms with Gasteiger partial charge in [-0.3, -0.25) is 0 Å². The lowest BCUT2D eigenvalue weighted by molar-refractivity contribution is 0.504. The van der Waals surface area contributed by atoms with Crippen molar-refractivity contribution in [2.45, 2.75) is 39.3 Å². The Morgan fingerprint density at radius 3 is 2.75 bits per heavy atom. The number of hydrogen-bond acceptors (Lipinski definition) is 2. The fourth-order valence-electron chi connectivity index (χ4n) is 2.35. The van der Waals surface area contributed by atoms with E-state index < -0.39 is 0 Å². The van der Waals surface area contributed by atoms with Gasteiger partial charge < -0.3 is 9.88 Å². The predicted molar refractivity (Wildman–Crippen MR) is 79.1 cm³/mol. The van der Waals surface area contributed by atoms with E-state index in [4.69, 9.17) is 0 Å². The van der Waals surface area contributed by atoms with Crippen LogP contribution in [-0.2, 0) is 6.54 Å². The van der Waals surface area contributed by atoms with E-state index in [9.17, 15) is 4.39 Å². The molecule has 0 fully saturated rings. The van der Waals surface area contributed by atoms with Gasteiger partial charge in [0.15, 0.2) is 0 Å². The normalized spacial score (nSPS) is 12.6. The molecule has 2 rings (SSSR count). The molecule has 0 spiro atoms. The summed E-state index contributed by atoms with van der Waals surface area (Å²) in [5.41, 5.74) is 0.657. The van der Waals surface area contributed by atoms with E-state index in [2.05, 4.69) is 28.7 Å². The maximum atomic E-state index is 14.1. The fraction of sp³-hybridized carbons (Fsp3) is 0.438. The van der Waals surface area contributed by atoms with Gasteiger partial charge in [0, 0.05) is 24.5 Å². The number of halogens is 1. The van der Waals surface area contributed by atoms with E-state index in [1.807, 2.05) is 18.3 Å². The van der Waals surface area contributed by atoms with E-state index in [0.29, 0.717) is 5.56 Å². The van der Waals surface area contributed by atoms with Crippen LogP contribution in [0.1, 0.15) is 44.1 Å². The van der Waals surface area contributed by atoms with Crippen molar-refractivity contribution in [2.24, 2.45) is 0 Å². The Labute approximate surface area is 119 Å². The molecule has 2 aromatic rings. The van der Waals surface area contributed by atoms with Crippen LogP contribution in [0, 0.1) is 5.82 Å². The van der Waals surface area contributed by atoms with E-state index in [-0.39, 0.29) is 11.9 Å². The highest BCUT2D eigenvalue weighted by atomic mass is 19.1. The predicted octanol–water partition coefficient (Wildman–Crippen LogP) is 3.52.